The summed E-state index contributed by atoms with van der Waals surface area (Å²) in [5.74, 6) is -1.69. The molecule has 0 atom stereocenters. The lowest BCUT2D eigenvalue weighted by Crippen LogP contribution is -2.24. The van der Waals surface area contributed by atoms with Crippen molar-refractivity contribution < 1.29 is 18.0 Å². The van der Waals surface area contributed by atoms with Gasteiger partial charge in [0.1, 0.15) is 5.82 Å². The summed E-state index contributed by atoms with van der Waals surface area (Å²) in [5, 5.41) is 7.20. The number of pyridine rings is 1. The number of imide groups is 1. The molecule has 0 aliphatic carbocycles. The Kier molecular flexibility index (Phi) is 3.32. The summed E-state index contributed by atoms with van der Waals surface area (Å²) in [7, 11) is -4.01. The maximum Gasteiger partial charge on any atom is 0.262 e. The second-order valence-corrected chi connectivity index (χ2v) is 6.80. The lowest BCUT2D eigenvalue weighted by molar-refractivity contribution is 0.0880. The summed E-state index contributed by atoms with van der Waals surface area (Å²) >= 11 is 0. The van der Waals surface area contributed by atoms with E-state index in [1.807, 2.05) is 5.32 Å². The molecular formula is C14H12N4O5S. The molecule has 0 bridgehead atoms. The Morgan fingerprint density at radius 3 is 2.38 bits per heavy atom. The van der Waals surface area contributed by atoms with Crippen LogP contribution >= 0.6 is 0 Å². The molecule has 0 unspecified atom stereocenters. The molecule has 0 radical (unpaired) electrons. The van der Waals surface area contributed by atoms with Gasteiger partial charge in [-0.25, -0.2) is 13.6 Å². The number of rotatable bonds is 2. The van der Waals surface area contributed by atoms with E-state index in [0.29, 0.717) is 5.56 Å². The van der Waals surface area contributed by atoms with E-state index >= 15 is 0 Å². The summed E-state index contributed by atoms with van der Waals surface area (Å²) in [4.78, 5) is 35.6. The smallest absolute Gasteiger partial charge is 0.262 e. The molecule has 9 nitrogen and oxygen atoms in total. The molecule has 2 aromatic rings. The Hall–Kier alpha value is -2.98. The summed E-state index contributed by atoms with van der Waals surface area (Å²) in [6.45, 7) is 1.55. The van der Waals surface area contributed by atoms with Gasteiger partial charge in [-0.1, -0.05) is 6.07 Å². The van der Waals surface area contributed by atoms with Crippen LogP contribution in [-0.2, 0) is 10.0 Å². The molecule has 2 amide bonds. The molecule has 124 valence electrons. The van der Waals surface area contributed by atoms with Gasteiger partial charge in [-0.3, -0.25) is 24.3 Å². The molecule has 1 aromatic carbocycles. The van der Waals surface area contributed by atoms with Gasteiger partial charge in [0.25, 0.3) is 17.4 Å². The fourth-order valence-electron chi connectivity index (χ4n) is 2.58. The van der Waals surface area contributed by atoms with Gasteiger partial charge in [0.05, 0.1) is 21.7 Å². The van der Waals surface area contributed by atoms with Crippen molar-refractivity contribution >= 4 is 27.7 Å². The van der Waals surface area contributed by atoms with E-state index in [1.165, 1.54) is 18.2 Å². The van der Waals surface area contributed by atoms with Crippen LogP contribution in [0.1, 0.15) is 26.3 Å². The van der Waals surface area contributed by atoms with Crippen LogP contribution in [0, 0.1) is 6.92 Å². The van der Waals surface area contributed by atoms with Crippen molar-refractivity contribution in [1.82, 2.24) is 9.88 Å². The molecule has 2 heterocycles. The highest BCUT2D eigenvalue weighted by atomic mass is 32.2. The minimum absolute atomic E-state index is 0.113. The second kappa shape index (κ2) is 5.01. The number of sulfonamides is 1. The van der Waals surface area contributed by atoms with Crippen LogP contribution in [0.5, 0.6) is 0 Å². The van der Waals surface area contributed by atoms with Crippen LogP contribution in [0.3, 0.4) is 0 Å². The average molecular weight is 348 g/mol. The number of nitrogen functional groups attached to an aromatic ring is 1. The lowest BCUT2D eigenvalue weighted by Gasteiger charge is -2.13. The molecule has 0 saturated heterocycles. The van der Waals surface area contributed by atoms with E-state index in [2.05, 4.69) is 0 Å². The molecule has 10 heteroatoms. The Morgan fingerprint density at radius 1 is 1.08 bits per heavy atom. The van der Waals surface area contributed by atoms with Crippen molar-refractivity contribution in [3.63, 3.8) is 0 Å². The molecule has 0 spiro atoms. The van der Waals surface area contributed by atoms with E-state index in [-0.39, 0.29) is 27.5 Å². The Morgan fingerprint density at radius 2 is 1.75 bits per heavy atom. The number of nitrogens with one attached hydrogen (secondary N) is 1. The van der Waals surface area contributed by atoms with Crippen LogP contribution in [0.2, 0.25) is 0 Å². The number of hydrogen-bond acceptors (Lipinski definition) is 6. The number of anilines is 1. The van der Waals surface area contributed by atoms with Crippen LogP contribution in [-0.4, -0.2) is 24.8 Å². The topological polar surface area (TPSA) is 154 Å². The predicted octanol–water partition coefficient (Wildman–Crippen LogP) is -0.741. The number of primary sulfonamides is 1. The van der Waals surface area contributed by atoms with Crippen LogP contribution in [0.15, 0.2) is 34.0 Å². The van der Waals surface area contributed by atoms with Crippen LogP contribution in [0.4, 0.5) is 5.82 Å². The third-order valence-electron chi connectivity index (χ3n) is 3.69. The first-order chi connectivity index (χ1) is 11.1. The first-order valence-corrected chi connectivity index (χ1v) is 8.21. The number of aryl methyl sites for hydroxylation is 1. The molecule has 5 N–H and O–H groups in total. The molecule has 3 rings (SSSR count). The maximum atomic E-state index is 12.3. The monoisotopic (exact) mass is 348 g/mol. The van der Waals surface area contributed by atoms with E-state index in [9.17, 15) is 22.8 Å². The first-order valence-electron chi connectivity index (χ1n) is 6.66. The molecule has 1 aliphatic heterocycles. The summed E-state index contributed by atoms with van der Waals surface area (Å²) < 4.78 is 24.2. The van der Waals surface area contributed by atoms with Crippen molar-refractivity contribution in [2.75, 3.05) is 5.73 Å². The Balaban J connectivity index is 2.34. The van der Waals surface area contributed by atoms with E-state index < -0.39 is 27.4 Å². The number of fused-ring (bicyclic) bond motifs is 1. The molecule has 24 heavy (non-hydrogen) atoms. The number of benzene rings is 1. The predicted molar refractivity (Wildman–Crippen MR) is 84.4 cm³/mol. The number of nitrogens with two attached hydrogens (primary N) is 2. The maximum absolute atomic E-state index is 12.3. The molecule has 1 aromatic heterocycles. The van der Waals surface area contributed by atoms with Gasteiger partial charge in [0, 0.05) is 6.07 Å². The van der Waals surface area contributed by atoms with Gasteiger partial charge in [0.2, 0.25) is 10.0 Å². The minimum Gasteiger partial charge on any atom is -0.384 e. The third-order valence-corrected chi connectivity index (χ3v) is 4.74. The fourth-order valence-corrected chi connectivity index (χ4v) is 3.38. The largest absolute Gasteiger partial charge is 0.384 e. The molecule has 0 saturated carbocycles. The SMILES string of the molecule is Cc1ccc(-n2c(N)c3c(cc2=O)C(=O)NC3=O)cc1S(N)(=O)=O. The number of carbonyl (C=O) groups excluding carboxylic acids is 2. The van der Waals surface area contributed by atoms with Crippen LogP contribution < -0.4 is 21.7 Å². The number of amides is 2. The van der Waals surface area contributed by atoms with Crippen molar-refractivity contribution in [2.45, 2.75) is 11.8 Å². The van der Waals surface area contributed by atoms with Crippen molar-refractivity contribution in [2.24, 2.45) is 5.14 Å². The van der Waals surface area contributed by atoms with E-state index in [0.717, 1.165) is 10.6 Å². The number of carbonyl (C=O) groups is 2. The molecular weight excluding hydrogens is 336 g/mol. The van der Waals surface area contributed by atoms with E-state index in [1.54, 1.807) is 6.92 Å². The van der Waals surface area contributed by atoms with Gasteiger partial charge in [-0.2, -0.15) is 0 Å². The first kappa shape index (κ1) is 15.9. The zero-order valence-electron chi connectivity index (χ0n) is 12.4. The van der Waals surface area contributed by atoms with E-state index in [4.69, 9.17) is 10.9 Å². The van der Waals surface area contributed by atoms with Crippen molar-refractivity contribution in [1.29, 1.82) is 0 Å². The minimum atomic E-state index is -4.01. The quantitative estimate of drug-likeness (QED) is 0.607. The zero-order chi connectivity index (χ0) is 17.8. The van der Waals surface area contributed by atoms with Gasteiger partial charge < -0.3 is 5.73 Å². The number of aromatic nitrogens is 1. The normalized spacial score (nSPS) is 13.8. The fraction of sp³-hybridized carbons (Fsp3) is 0.0714. The summed E-state index contributed by atoms with van der Waals surface area (Å²) in [6, 6.07) is 5.08. The Labute approximate surface area is 135 Å². The van der Waals surface area contributed by atoms with Gasteiger partial charge in [-0.05, 0) is 24.6 Å². The summed E-state index contributed by atoms with van der Waals surface area (Å²) in [5.41, 5.74) is 5.47. The van der Waals surface area contributed by atoms with Gasteiger partial charge in [-0.15, -0.1) is 0 Å². The Bertz CT molecular complexity index is 1090. The highest BCUT2D eigenvalue weighted by Crippen LogP contribution is 2.24. The summed E-state index contributed by atoms with van der Waals surface area (Å²) in [6.07, 6.45) is 0. The van der Waals surface area contributed by atoms with Gasteiger partial charge in [0.15, 0.2) is 0 Å². The average Bonchev–Trinajstić information content (AvgIpc) is 2.74. The third kappa shape index (κ3) is 2.28. The lowest BCUT2D eigenvalue weighted by atomic mass is 10.1. The molecule has 1 aliphatic rings. The van der Waals surface area contributed by atoms with Crippen molar-refractivity contribution in [3.05, 3.63) is 51.3 Å². The highest BCUT2D eigenvalue weighted by Gasteiger charge is 2.32. The second-order valence-electron chi connectivity index (χ2n) is 5.27. The zero-order valence-corrected chi connectivity index (χ0v) is 13.2. The van der Waals surface area contributed by atoms with Crippen LogP contribution in [0.25, 0.3) is 5.69 Å². The number of nitrogens with zero attached hydrogens (tertiary/aromatic N) is 1. The molecule has 0 fully saturated rings. The van der Waals surface area contributed by atoms with Crippen molar-refractivity contribution in [3.8, 4) is 5.69 Å². The number of hydrogen-bond donors (Lipinski definition) is 3. The van der Waals surface area contributed by atoms with Gasteiger partial charge >= 0.3 is 0 Å². The highest BCUT2D eigenvalue weighted by molar-refractivity contribution is 7.89. The standard InChI is InChI=1S/C14H12N4O5S/c1-6-2-3-7(4-9(6)24(16,22)23)18-10(19)5-8-11(12(18)15)14(21)17-13(8)20/h2-5H,15H2,1H3,(H2,16,22,23)(H,17,20,21).